The van der Waals surface area contributed by atoms with Gasteiger partial charge in [0.1, 0.15) is 5.82 Å². The lowest BCUT2D eigenvalue weighted by Gasteiger charge is -2.35. The molecule has 21 heavy (non-hydrogen) atoms. The Kier molecular flexibility index (Phi) is 4.83. The van der Waals surface area contributed by atoms with Crippen molar-refractivity contribution in [3.63, 3.8) is 0 Å². The van der Waals surface area contributed by atoms with E-state index < -0.39 is 0 Å². The van der Waals surface area contributed by atoms with Crippen LogP contribution in [0.25, 0.3) is 0 Å². The van der Waals surface area contributed by atoms with E-state index in [2.05, 4.69) is 38.1 Å². The SMILES string of the molecule is CC1CC(C)CN(C(=O)c2cc(NN)nc(C(C)C)c2)C1. The van der Waals surface area contributed by atoms with E-state index >= 15 is 0 Å². The van der Waals surface area contributed by atoms with Crippen molar-refractivity contribution in [2.75, 3.05) is 18.5 Å². The predicted octanol–water partition coefficient (Wildman–Crippen LogP) is 2.61. The summed E-state index contributed by atoms with van der Waals surface area (Å²) in [5, 5.41) is 0. The first kappa shape index (κ1) is 15.8. The van der Waals surface area contributed by atoms with Crippen LogP contribution in [0.3, 0.4) is 0 Å². The van der Waals surface area contributed by atoms with Crippen molar-refractivity contribution in [1.29, 1.82) is 0 Å². The number of carbonyl (C=O) groups excluding carboxylic acids is 1. The maximum absolute atomic E-state index is 12.8. The third-order valence-electron chi connectivity index (χ3n) is 3.99. The number of hydrogen-bond acceptors (Lipinski definition) is 4. The molecule has 0 radical (unpaired) electrons. The second kappa shape index (κ2) is 6.43. The van der Waals surface area contributed by atoms with Crippen LogP contribution in [-0.2, 0) is 0 Å². The first-order chi connectivity index (χ1) is 9.90. The van der Waals surface area contributed by atoms with E-state index in [1.54, 1.807) is 6.07 Å². The molecule has 3 N–H and O–H groups in total. The molecular weight excluding hydrogens is 264 g/mol. The Morgan fingerprint density at radius 1 is 1.33 bits per heavy atom. The van der Waals surface area contributed by atoms with Crippen molar-refractivity contribution in [2.45, 2.75) is 40.0 Å². The fourth-order valence-electron chi connectivity index (χ4n) is 3.06. The van der Waals surface area contributed by atoms with E-state index in [0.717, 1.165) is 18.8 Å². The highest BCUT2D eigenvalue weighted by atomic mass is 16.2. The molecular formula is C16H26N4O. The smallest absolute Gasteiger partial charge is 0.254 e. The Morgan fingerprint density at radius 3 is 2.48 bits per heavy atom. The van der Waals surface area contributed by atoms with Gasteiger partial charge in [-0.2, -0.15) is 0 Å². The molecule has 5 heteroatoms. The molecule has 5 nitrogen and oxygen atoms in total. The van der Waals surface area contributed by atoms with Crippen molar-refractivity contribution in [3.8, 4) is 0 Å². The van der Waals surface area contributed by atoms with E-state index in [4.69, 9.17) is 5.84 Å². The van der Waals surface area contributed by atoms with Crippen LogP contribution in [-0.4, -0.2) is 28.9 Å². The number of aromatic nitrogens is 1. The molecule has 0 bridgehead atoms. The molecule has 1 amide bonds. The maximum atomic E-state index is 12.8. The van der Waals surface area contributed by atoms with Gasteiger partial charge in [0.25, 0.3) is 5.91 Å². The first-order valence-electron chi connectivity index (χ1n) is 7.68. The minimum absolute atomic E-state index is 0.0780. The summed E-state index contributed by atoms with van der Waals surface area (Å²) in [6.07, 6.45) is 1.19. The van der Waals surface area contributed by atoms with Crippen molar-refractivity contribution < 1.29 is 4.79 Å². The molecule has 0 aromatic carbocycles. The molecule has 1 aromatic rings. The standard InChI is InChI=1S/C16H26N4O/c1-10(2)14-6-13(7-15(18-14)19-17)16(21)20-8-11(3)5-12(4)9-20/h6-7,10-12H,5,8-9,17H2,1-4H3,(H,18,19). The monoisotopic (exact) mass is 290 g/mol. The zero-order valence-electron chi connectivity index (χ0n) is 13.4. The zero-order chi connectivity index (χ0) is 15.6. The Bertz CT molecular complexity index is 505. The molecule has 2 unspecified atom stereocenters. The highest BCUT2D eigenvalue weighted by Crippen LogP contribution is 2.24. The van der Waals surface area contributed by atoms with Gasteiger partial charge in [0.2, 0.25) is 0 Å². The predicted molar refractivity (Wildman–Crippen MR) is 85.0 cm³/mol. The lowest BCUT2D eigenvalue weighted by Crippen LogP contribution is -2.42. The van der Waals surface area contributed by atoms with Crippen LogP contribution < -0.4 is 11.3 Å². The number of piperidine rings is 1. The highest BCUT2D eigenvalue weighted by molar-refractivity contribution is 5.95. The molecule has 1 aromatic heterocycles. The minimum atomic E-state index is 0.0780. The van der Waals surface area contributed by atoms with Crippen LogP contribution >= 0.6 is 0 Å². The van der Waals surface area contributed by atoms with Crippen molar-refractivity contribution in [1.82, 2.24) is 9.88 Å². The Morgan fingerprint density at radius 2 is 1.95 bits per heavy atom. The third-order valence-corrected chi connectivity index (χ3v) is 3.99. The number of nitrogen functional groups attached to an aromatic ring is 1. The molecule has 2 rings (SSSR count). The van der Waals surface area contributed by atoms with Gasteiger partial charge in [0.15, 0.2) is 0 Å². The number of nitrogens with two attached hydrogens (primary N) is 1. The Hall–Kier alpha value is -1.62. The summed E-state index contributed by atoms with van der Waals surface area (Å²) in [5.74, 6) is 7.45. The average molecular weight is 290 g/mol. The number of nitrogens with zero attached hydrogens (tertiary/aromatic N) is 2. The van der Waals surface area contributed by atoms with E-state index in [1.165, 1.54) is 6.42 Å². The van der Waals surface area contributed by atoms with Crippen molar-refractivity contribution in [3.05, 3.63) is 23.4 Å². The number of pyridine rings is 1. The summed E-state index contributed by atoms with van der Waals surface area (Å²) in [6.45, 7) is 10.2. The second-order valence-corrected chi connectivity index (χ2v) is 6.62. The third kappa shape index (κ3) is 3.73. The summed E-state index contributed by atoms with van der Waals surface area (Å²) in [5.41, 5.74) is 4.11. The van der Waals surface area contributed by atoms with Crippen LogP contribution in [0.4, 0.5) is 5.82 Å². The van der Waals surface area contributed by atoms with Gasteiger partial charge in [-0.05, 0) is 36.3 Å². The molecule has 116 valence electrons. The summed E-state index contributed by atoms with van der Waals surface area (Å²) < 4.78 is 0. The van der Waals surface area contributed by atoms with Gasteiger partial charge in [0, 0.05) is 24.3 Å². The van der Waals surface area contributed by atoms with Gasteiger partial charge >= 0.3 is 0 Å². The molecule has 0 spiro atoms. The number of amides is 1. The van der Waals surface area contributed by atoms with Gasteiger partial charge in [-0.3, -0.25) is 4.79 Å². The maximum Gasteiger partial charge on any atom is 0.254 e. The average Bonchev–Trinajstić information content (AvgIpc) is 2.44. The second-order valence-electron chi connectivity index (χ2n) is 6.62. The zero-order valence-corrected chi connectivity index (χ0v) is 13.4. The van der Waals surface area contributed by atoms with Crippen molar-refractivity contribution >= 4 is 11.7 Å². The molecule has 1 saturated heterocycles. The number of anilines is 1. The molecule has 2 atom stereocenters. The number of nitrogens with one attached hydrogen (secondary N) is 1. The van der Waals surface area contributed by atoms with E-state index in [-0.39, 0.29) is 11.8 Å². The van der Waals surface area contributed by atoms with E-state index in [0.29, 0.717) is 23.2 Å². The van der Waals surface area contributed by atoms with Crippen LogP contribution in [0.5, 0.6) is 0 Å². The number of hydrazine groups is 1. The molecule has 2 heterocycles. The van der Waals surface area contributed by atoms with Crippen LogP contribution in [0.2, 0.25) is 0 Å². The van der Waals surface area contributed by atoms with Crippen LogP contribution in [0.1, 0.15) is 56.1 Å². The van der Waals surface area contributed by atoms with E-state index in [1.807, 2.05) is 11.0 Å². The summed E-state index contributed by atoms with van der Waals surface area (Å²) in [4.78, 5) is 19.1. The number of likely N-dealkylation sites (tertiary alicyclic amines) is 1. The number of carbonyl (C=O) groups is 1. The molecule has 1 aliphatic rings. The van der Waals surface area contributed by atoms with Crippen LogP contribution in [0, 0.1) is 11.8 Å². The largest absolute Gasteiger partial charge is 0.338 e. The fraction of sp³-hybridized carbons (Fsp3) is 0.625. The molecule has 0 saturated carbocycles. The first-order valence-corrected chi connectivity index (χ1v) is 7.68. The van der Waals surface area contributed by atoms with Gasteiger partial charge in [0.05, 0.1) is 0 Å². The lowest BCUT2D eigenvalue weighted by molar-refractivity contribution is 0.0623. The number of rotatable bonds is 3. The lowest BCUT2D eigenvalue weighted by atomic mass is 9.91. The molecule has 1 aliphatic heterocycles. The van der Waals surface area contributed by atoms with Gasteiger partial charge in [-0.1, -0.05) is 27.7 Å². The number of hydrogen-bond donors (Lipinski definition) is 2. The van der Waals surface area contributed by atoms with Crippen molar-refractivity contribution in [2.24, 2.45) is 17.7 Å². The highest BCUT2D eigenvalue weighted by Gasteiger charge is 2.26. The minimum Gasteiger partial charge on any atom is -0.338 e. The topological polar surface area (TPSA) is 71.2 Å². The summed E-state index contributed by atoms with van der Waals surface area (Å²) in [6, 6.07) is 3.62. The van der Waals surface area contributed by atoms with E-state index in [9.17, 15) is 4.79 Å². The van der Waals surface area contributed by atoms with Gasteiger partial charge < -0.3 is 10.3 Å². The fourth-order valence-corrected chi connectivity index (χ4v) is 3.06. The Labute approximate surface area is 126 Å². The summed E-state index contributed by atoms with van der Waals surface area (Å²) in [7, 11) is 0. The van der Waals surface area contributed by atoms with Gasteiger partial charge in [-0.25, -0.2) is 10.8 Å². The van der Waals surface area contributed by atoms with Gasteiger partial charge in [-0.15, -0.1) is 0 Å². The molecule has 1 fully saturated rings. The quantitative estimate of drug-likeness (QED) is 0.663. The van der Waals surface area contributed by atoms with Crippen LogP contribution in [0.15, 0.2) is 12.1 Å². The summed E-state index contributed by atoms with van der Waals surface area (Å²) >= 11 is 0. The molecule has 0 aliphatic carbocycles. The normalized spacial score (nSPS) is 22.5. The Balaban J connectivity index is 2.27.